The lowest BCUT2D eigenvalue weighted by Crippen LogP contribution is -2.20. The maximum atomic E-state index is 12.1. The molecule has 0 saturated heterocycles. The van der Waals surface area contributed by atoms with Crippen LogP contribution in [0.15, 0.2) is 40.9 Å². The number of nitrogens with one attached hydrogen (secondary N) is 2. The number of carbonyl (C=O) groups excluding carboxylic acids is 1. The second kappa shape index (κ2) is 10.2. The van der Waals surface area contributed by atoms with Gasteiger partial charge in [0.2, 0.25) is 0 Å². The van der Waals surface area contributed by atoms with Crippen LogP contribution in [-0.4, -0.2) is 37.9 Å². The van der Waals surface area contributed by atoms with Crippen molar-refractivity contribution in [3.63, 3.8) is 0 Å². The average molecular weight is 423 g/mol. The molecule has 0 saturated carbocycles. The average Bonchev–Trinajstić information content (AvgIpc) is 2.62. The number of aryl methyl sites for hydroxylation is 1. The molecule has 0 atom stereocenters. The van der Waals surface area contributed by atoms with Crippen LogP contribution in [0.4, 0.5) is 5.69 Å². The van der Waals surface area contributed by atoms with Crippen molar-refractivity contribution in [2.24, 2.45) is 0 Å². The Morgan fingerprint density at radius 3 is 2.62 bits per heavy atom. The molecule has 26 heavy (non-hydrogen) atoms. The lowest BCUT2D eigenvalue weighted by atomic mass is 10.2. The summed E-state index contributed by atoms with van der Waals surface area (Å²) in [4.78, 5) is 12.1. The summed E-state index contributed by atoms with van der Waals surface area (Å²) >= 11 is 3.46. The van der Waals surface area contributed by atoms with Crippen LogP contribution in [0.3, 0.4) is 0 Å². The Kier molecular flexibility index (Phi) is 7.90. The van der Waals surface area contributed by atoms with Gasteiger partial charge >= 0.3 is 0 Å². The Labute approximate surface area is 161 Å². The minimum atomic E-state index is -0.253. The summed E-state index contributed by atoms with van der Waals surface area (Å²) in [6.45, 7) is 3.03. The van der Waals surface area contributed by atoms with E-state index >= 15 is 0 Å². The Balaban J connectivity index is 1.99. The van der Waals surface area contributed by atoms with Crippen molar-refractivity contribution in [2.75, 3.05) is 32.2 Å². The minimum Gasteiger partial charge on any atom is -0.493 e. The molecule has 0 aliphatic carbocycles. The molecule has 0 radical (unpaired) electrons. The fourth-order valence-electron chi connectivity index (χ4n) is 2.30. The molecule has 6 nitrogen and oxygen atoms in total. The zero-order chi connectivity index (χ0) is 18.9. The molecule has 0 aliphatic heterocycles. The predicted octanol–water partition coefficient (Wildman–Crippen LogP) is 2.87. The van der Waals surface area contributed by atoms with E-state index in [4.69, 9.17) is 14.6 Å². The second-order valence-electron chi connectivity index (χ2n) is 5.71. The fraction of sp³-hybridized carbons (Fsp3) is 0.316. The highest BCUT2D eigenvalue weighted by molar-refractivity contribution is 9.10. The van der Waals surface area contributed by atoms with Gasteiger partial charge in [-0.2, -0.15) is 0 Å². The lowest BCUT2D eigenvalue weighted by Gasteiger charge is -2.15. The molecule has 140 valence electrons. The third-order valence-corrected chi connectivity index (χ3v) is 4.18. The molecule has 7 heteroatoms. The lowest BCUT2D eigenvalue weighted by molar-refractivity contribution is -0.118. The van der Waals surface area contributed by atoms with Gasteiger partial charge in [-0.25, -0.2) is 0 Å². The highest BCUT2D eigenvalue weighted by atomic mass is 79.9. The molecule has 0 bridgehead atoms. The van der Waals surface area contributed by atoms with Crippen LogP contribution in [0.1, 0.15) is 11.1 Å². The van der Waals surface area contributed by atoms with Gasteiger partial charge in [-0.15, -0.1) is 0 Å². The van der Waals surface area contributed by atoms with Crippen molar-refractivity contribution in [2.45, 2.75) is 13.5 Å². The minimum absolute atomic E-state index is 0.0790. The van der Waals surface area contributed by atoms with E-state index in [9.17, 15) is 4.79 Å². The summed E-state index contributed by atoms with van der Waals surface area (Å²) in [7, 11) is 1.55. The molecular formula is C19H23BrN2O4. The standard InChI is InChI=1S/C19H23BrN2O4/c1-13-3-5-15(6-4-13)22-18(24)12-26-19-16(20)9-14(10-17(19)25-2)11-21-7-8-23/h3-6,9-10,21,23H,7-8,11-12H2,1-2H3,(H,22,24). The number of carbonyl (C=O) groups is 1. The third kappa shape index (κ3) is 6.01. The topological polar surface area (TPSA) is 79.8 Å². The molecule has 0 spiro atoms. The molecule has 3 N–H and O–H groups in total. The van der Waals surface area contributed by atoms with Crippen LogP contribution in [0.25, 0.3) is 0 Å². The number of ether oxygens (including phenoxy) is 2. The molecule has 0 fully saturated rings. The van der Waals surface area contributed by atoms with Crippen molar-refractivity contribution < 1.29 is 19.4 Å². The van der Waals surface area contributed by atoms with Crippen molar-refractivity contribution in [3.8, 4) is 11.5 Å². The molecule has 2 aromatic rings. The Morgan fingerprint density at radius 1 is 1.23 bits per heavy atom. The van der Waals surface area contributed by atoms with E-state index in [0.717, 1.165) is 16.8 Å². The number of hydrogen-bond donors (Lipinski definition) is 3. The maximum Gasteiger partial charge on any atom is 0.262 e. The number of hydrogen-bond acceptors (Lipinski definition) is 5. The number of halogens is 1. The SMILES string of the molecule is COc1cc(CNCCO)cc(Br)c1OCC(=O)Nc1ccc(C)cc1. The normalized spacial score (nSPS) is 10.5. The number of aliphatic hydroxyl groups is 1. The molecular weight excluding hydrogens is 400 g/mol. The van der Waals surface area contributed by atoms with E-state index in [-0.39, 0.29) is 19.1 Å². The van der Waals surface area contributed by atoms with Crippen LogP contribution in [-0.2, 0) is 11.3 Å². The first kappa shape index (κ1) is 20.2. The maximum absolute atomic E-state index is 12.1. The van der Waals surface area contributed by atoms with Crippen LogP contribution < -0.4 is 20.1 Å². The van der Waals surface area contributed by atoms with Gasteiger partial charge < -0.3 is 25.2 Å². The quantitative estimate of drug-likeness (QED) is 0.541. The number of rotatable bonds is 9. The van der Waals surface area contributed by atoms with Crippen LogP contribution in [0.5, 0.6) is 11.5 Å². The van der Waals surface area contributed by atoms with E-state index in [0.29, 0.717) is 29.1 Å². The largest absolute Gasteiger partial charge is 0.493 e. The summed E-state index contributed by atoms with van der Waals surface area (Å²) in [5, 5.41) is 14.7. The zero-order valence-corrected chi connectivity index (χ0v) is 16.4. The van der Waals surface area contributed by atoms with E-state index in [1.54, 1.807) is 7.11 Å². The first-order valence-electron chi connectivity index (χ1n) is 8.20. The van der Waals surface area contributed by atoms with Crippen molar-refractivity contribution >= 4 is 27.5 Å². The molecule has 0 aliphatic rings. The number of anilines is 1. The van der Waals surface area contributed by atoms with Gasteiger partial charge in [0.1, 0.15) is 0 Å². The van der Waals surface area contributed by atoms with Gasteiger partial charge in [0, 0.05) is 18.8 Å². The summed E-state index contributed by atoms with van der Waals surface area (Å²) in [6.07, 6.45) is 0. The van der Waals surface area contributed by atoms with Gasteiger partial charge in [-0.1, -0.05) is 17.7 Å². The van der Waals surface area contributed by atoms with Crippen molar-refractivity contribution in [1.82, 2.24) is 5.32 Å². The van der Waals surface area contributed by atoms with Gasteiger partial charge in [-0.05, 0) is 52.7 Å². The van der Waals surface area contributed by atoms with Gasteiger partial charge in [0.15, 0.2) is 18.1 Å². The summed E-state index contributed by atoms with van der Waals surface area (Å²) < 4.78 is 11.7. The van der Waals surface area contributed by atoms with Crippen molar-refractivity contribution in [3.05, 3.63) is 52.0 Å². The van der Waals surface area contributed by atoms with E-state index in [2.05, 4.69) is 26.6 Å². The molecule has 2 rings (SSSR count). The first-order chi connectivity index (χ1) is 12.5. The molecule has 0 unspecified atom stereocenters. The third-order valence-electron chi connectivity index (χ3n) is 3.59. The molecule has 0 heterocycles. The Morgan fingerprint density at radius 2 is 1.96 bits per heavy atom. The van der Waals surface area contributed by atoms with Gasteiger partial charge in [0.05, 0.1) is 18.2 Å². The highest BCUT2D eigenvalue weighted by Crippen LogP contribution is 2.36. The number of methoxy groups -OCH3 is 1. The van der Waals surface area contributed by atoms with Gasteiger partial charge in [-0.3, -0.25) is 4.79 Å². The highest BCUT2D eigenvalue weighted by Gasteiger charge is 2.13. The summed E-state index contributed by atoms with van der Waals surface area (Å²) in [5.74, 6) is 0.747. The molecule has 0 aromatic heterocycles. The van der Waals surface area contributed by atoms with Crippen LogP contribution in [0, 0.1) is 6.92 Å². The number of aliphatic hydroxyl groups excluding tert-OH is 1. The van der Waals surface area contributed by atoms with E-state index in [1.807, 2.05) is 43.3 Å². The molecule has 2 aromatic carbocycles. The number of benzene rings is 2. The van der Waals surface area contributed by atoms with Crippen molar-refractivity contribution in [1.29, 1.82) is 0 Å². The summed E-state index contributed by atoms with van der Waals surface area (Å²) in [5.41, 5.74) is 2.82. The fourth-order valence-corrected chi connectivity index (χ4v) is 2.90. The Hall–Kier alpha value is -2.09. The first-order valence-corrected chi connectivity index (χ1v) is 9.00. The molecule has 1 amide bonds. The Bertz CT molecular complexity index is 735. The van der Waals surface area contributed by atoms with E-state index in [1.165, 1.54) is 0 Å². The predicted molar refractivity (Wildman–Crippen MR) is 105 cm³/mol. The number of amides is 1. The zero-order valence-electron chi connectivity index (χ0n) is 14.8. The smallest absolute Gasteiger partial charge is 0.262 e. The summed E-state index contributed by atoms with van der Waals surface area (Å²) in [6, 6.07) is 11.3. The second-order valence-corrected chi connectivity index (χ2v) is 6.57. The van der Waals surface area contributed by atoms with Crippen LogP contribution in [0.2, 0.25) is 0 Å². The monoisotopic (exact) mass is 422 g/mol. The van der Waals surface area contributed by atoms with E-state index < -0.39 is 0 Å². The van der Waals surface area contributed by atoms with Gasteiger partial charge in [0.25, 0.3) is 5.91 Å². The van der Waals surface area contributed by atoms with Crippen LogP contribution >= 0.6 is 15.9 Å².